The van der Waals surface area contributed by atoms with Crippen molar-refractivity contribution < 1.29 is 14.3 Å². The van der Waals surface area contributed by atoms with Gasteiger partial charge in [-0.1, -0.05) is 12.1 Å². The minimum absolute atomic E-state index is 0.0719. The topological polar surface area (TPSA) is 84.4 Å². The number of hydrogen-bond donors (Lipinski definition) is 2. The quantitative estimate of drug-likeness (QED) is 0.471. The zero-order chi connectivity index (χ0) is 22.2. The first-order valence-electron chi connectivity index (χ1n) is 9.89. The van der Waals surface area contributed by atoms with Crippen LogP contribution in [0.15, 0.2) is 48.5 Å². The average Bonchev–Trinajstić information content (AvgIpc) is 3.13. The van der Waals surface area contributed by atoms with Crippen molar-refractivity contribution in [2.24, 2.45) is 0 Å². The Kier molecular flexibility index (Phi) is 7.80. The van der Waals surface area contributed by atoms with Crippen LogP contribution >= 0.6 is 12.2 Å². The van der Waals surface area contributed by atoms with Crippen LogP contribution in [0.3, 0.4) is 0 Å². The van der Waals surface area contributed by atoms with Gasteiger partial charge in [0.1, 0.15) is 24.7 Å². The maximum atomic E-state index is 12.5. The molecule has 0 unspecified atom stereocenters. The van der Waals surface area contributed by atoms with Crippen LogP contribution < -0.4 is 14.8 Å². The van der Waals surface area contributed by atoms with Gasteiger partial charge in [0.2, 0.25) is 5.91 Å². The van der Waals surface area contributed by atoms with Gasteiger partial charge in [-0.15, -0.1) is 0 Å². The number of aromatic nitrogens is 3. The summed E-state index contributed by atoms with van der Waals surface area (Å²) in [6.07, 6.45) is 0. The van der Waals surface area contributed by atoms with Gasteiger partial charge in [0, 0.05) is 18.7 Å². The van der Waals surface area contributed by atoms with E-state index in [9.17, 15) is 4.79 Å². The minimum Gasteiger partial charge on any atom is -0.497 e. The van der Waals surface area contributed by atoms with Crippen LogP contribution in [0.2, 0.25) is 0 Å². The highest BCUT2D eigenvalue weighted by Gasteiger charge is 2.12. The fraction of sp³-hybridized carbons (Fsp3) is 0.318. The van der Waals surface area contributed by atoms with Crippen molar-refractivity contribution in [3.05, 3.63) is 58.9 Å². The number of ether oxygens (including phenoxy) is 2. The van der Waals surface area contributed by atoms with Crippen LogP contribution in [0, 0.1) is 4.77 Å². The minimum atomic E-state index is -0.154. The van der Waals surface area contributed by atoms with Gasteiger partial charge in [0.25, 0.3) is 0 Å². The predicted octanol–water partition coefficient (Wildman–Crippen LogP) is 2.87. The summed E-state index contributed by atoms with van der Waals surface area (Å²) < 4.78 is 12.9. The molecule has 0 radical (unpaired) electrons. The summed E-state index contributed by atoms with van der Waals surface area (Å²) in [6.45, 7) is 1.97. The number of aromatic amines is 1. The molecule has 1 heterocycles. The highest BCUT2D eigenvalue weighted by Crippen LogP contribution is 2.21. The molecule has 0 fully saturated rings. The second-order valence-electron chi connectivity index (χ2n) is 7.24. The van der Waals surface area contributed by atoms with Crippen LogP contribution in [0.4, 0.5) is 0 Å². The van der Waals surface area contributed by atoms with E-state index in [1.54, 1.807) is 11.7 Å². The number of carbonyl (C=O) groups excluding carboxylic acids is 1. The first-order valence-corrected chi connectivity index (χ1v) is 10.3. The van der Waals surface area contributed by atoms with E-state index >= 15 is 0 Å². The van der Waals surface area contributed by atoms with Crippen LogP contribution in [0.1, 0.15) is 5.56 Å². The van der Waals surface area contributed by atoms with Crippen LogP contribution in [-0.2, 0) is 17.9 Å². The number of hydrogen-bond acceptors (Lipinski definition) is 6. The van der Waals surface area contributed by atoms with E-state index in [0.717, 1.165) is 29.2 Å². The average molecular weight is 442 g/mol. The lowest BCUT2D eigenvalue weighted by Crippen LogP contribution is -2.27. The molecular weight excluding hydrogens is 414 g/mol. The van der Waals surface area contributed by atoms with E-state index in [-0.39, 0.29) is 12.5 Å². The molecular formula is C22H27N5O3S. The molecule has 3 aromatic rings. The SMILES string of the molecule is COc1ccc(-c2n[nH]c(=S)n2CC(=O)NCc2ccc(OCCN(C)C)cc2)cc1. The van der Waals surface area contributed by atoms with Crippen molar-refractivity contribution in [2.45, 2.75) is 13.1 Å². The van der Waals surface area contributed by atoms with Crippen molar-refractivity contribution in [1.29, 1.82) is 0 Å². The van der Waals surface area contributed by atoms with E-state index in [1.165, 1.54) is 0 Å². The molecule has 2 aromatic carbocycles. The smallest absolute Gasteiger partial charge is 0.240 e. The second-order valence-corrected chi connectivity index (χ2v) is 7.63. The molecule has 2 N–H and O–H groups in total. The molecule has 0 saturated carbocycles. The molecule has 0 aliphatic heterocycles. The maximum Gasteiger partial charge on any atom is 0.240 e. The Morgan fingerprint density at radius 1 is 1.13 bits per heavy atom. The summed E-state index contributed by atoms with van der Waals surface area (Å²) in [7, 11) is 5.62. The van der Waals surface area contributed by atoms with E-state index in [1.807, 2.05) is 62.6 Å². The monoisotopic (exact) mass is 441 g/mol. The summed E-state index contributed by atoms with van der Waals surface area (Å²) in [4.78, 5) is 14.6. The summed E-state index contributed by atoms with van der Waals surface area (Å²) in [5.74, 6) is 2.00. The van der Waals surface area contributed by atoms with Crippen LogP contribution in [0.5, 0.6) is 11.5 Å². The lowest BCUT2D eigenvalue weighted by Gasteiger charge is -2.12. The standard InChI is InChI=1S/C22H27N5O3S/c1-26(2)12-13-30-19-8-4-16(5-9-19)14-23-20(28)15-27-21(24-25-22(27)31)17-6-10-18(29-3)11-7-17/h4-11H,12-15H2,1-3H3,(H,23,28)(H,25,31). The molecule has 0 saturated heterocycles. The third-order valence-corrected chi connectivity index (χ3v) is 4.94. The fourth-order valence-electron chi connectivity index (χ4n) is 2.87. The number of benzene rings is 2. The molecule has 9 heteroatoms. The van der Waals surface area contributed by atoms with Gasteiger partial charge >= 0.3 is 0 Å². The van der Waals surface area contributed by atoms with Crippen LogP contribution in [0.25, 0.3) is 11.4 Å². The van der Waals surface area contributed by atoms with Gasteiger partial charge in [0.15, 0.2) is 10.6 Å². The Bertz CT molecular complexity index is 1040. The number of nitrogens with zero attached hydrogens (tertiary/aromatic N) is 3. The lowest BCUT2D eigenvalue weighted by atomic mass is 10.2. The number of methoxy groups -OCH3 is 1. The molecule has 0 aliphatic rings. The highest BCUT2D eigenvalue weighted by molar-refractivity contribution is 7.71. The Balaban J connectivity index is 1.56. The number of rotatable bonds is 10. The first kappa shape index (κ1) is 22.5. The van der Waals surface area contributed by atoms with Gasteiger partial charge in [-0.25, -0.2) is 0 Å². The number of nitrogens with one attached hydrogen (secondary N) is 2. The normalized spacial score (nSPS) is 10.8. The number of carbonyl (C=O) groups is 1. The van der Waals surface area contributed by atoms with Crippen molar-refractivity contribution in [1.82, 2.24) is 25.0 Å². The second kappa shape index (κ2) is 10.7. The third-order valence-electron chi connectivity index (χ3n) is 4.63. The summed E-state index contributed by atoms with van der Waals surface area (Å²) in [6, 6.07) is 15.1. The predicted molar refractivity (Wildman–Crippen MR) is 122 cm³/mol. The zero-order valence-electron chi connectivity index (χ0n) is 17.9. The largest absolute Gasteiger partial charge is 0.497 e. The number of amides is 1. The summed E-state index contributed by atoms with van der Waals surface area (Å²) in [5.41, 5.74) is 1.82. The lowest BCUT2D eigenvalue weighted by molar-refractivity contribution is -0.121. The van der Waals surface area contributed by atoms with E-state index in [2.05, 4.69) is 20.4 Å². The first-order chi connectivity index (χ1) is 15.0. The maximum absolute atomic E-state index is 12.5. The molecule has 1 amide bonds. The molecule has 8 nitrogen and oxygen atoms in total. The van der Waals surface area contributed by atoms with Crippen molar-refractivity contribution in [2.75, 3.05) is 34.4 Å². The molecule has 0 aliphatic carbocycles. The molecule has 3 rings (SSSR count). The highest BCUT2D eigenvalue weighted by atomic mass is 32.1. The molecule has 164 valence electrons. The Labute approximate surface area is 186 Å². The summed E-state index contributed by atoms with van der Waals surface area (Å²) >= 11 is 5.31. The number of likely N-dealkylation sites (N-methyl/N-ethyl adjacent to an activating group) is 1. The van der Waals surface area contributed by atoms with Gasteiger partial charge in [-0.05, 0) is 68.3 Å². The number of H-pyrrole nitrogens is 1. The van der Waals surface area contributed by atoms with E-state index in [0.29, 0.717) is 23.7 Å². The van der Waals surface area contributed by atoms with Crippen LogP contribution in [-0.4, -0.2) is 59.9 Å². The third kappa shape index (κ3) is 6.40. The fourth-order valence-corrected chi connectivity index (χ4v) is 3.07. The Morgan fingerprint density at radius 2 is 1.81 bits per heavy atom. The van der Waals surface area contributed by atoms with Crippen molar-refractivity contribution in [3.63, 3.8) is 0 Å². The van der Waals surface area contributed by atoms with E-state index in [4.69, 9.17) is 21.7 Å². The zero-order valence-corrected chi connectivity index (χ0v) is 18.7. The van der Waals surface area contributed by atoms with Crippen molar-refractivity contribution in [3.8, 4) is 22.9 Å². The molecule has 0 spiro atoms. The van der Waals surface area contributed by atoms with E-state index < -0.39 is 0 Å². The Hall–Kier alpha value is -3.17. The molecule has 0 bridgehead atoms. The molecule has 31 heavy (non-hydrogen) atoms. The Morgan fingerprint density at radius 3 is 2.45 bits per heavy atom. The van der Waals surface area contributed by atoms with Crippen molar-refractivity contribution >= 4 is 18.1 Å². The van der Waals surface area contributed by atoms with Gasteiger partial charge in [-0.3, -0.25) is 14.5 Å². The molecule has 1 aromatic heterocycles. The van der Waals surface area contributed by atoms with Gasteiger partial charge in [-0.2, -0.15) is 5.10 Å². The summed E-state index contributed by atoms with van der Waals surface area (Å²) in [5, 5.41) is 9.95. The molecule has 0 atom stereocenters. The van der Waals surface area contributed by atoms with Gasteiger partial charge < -0.3 is 19.7 Å². The van der Waals surface area contributed by atoms with Gasteiger partial charge in [0.05, 0.1) is 7.11 Å².